The average Bonchev–Trinajstić information content (AvgIpc) is 2.39. The molecule has 0 saturated heterocycles. The van der Waals surface area contributed by atoms with Gasteiger partial charge in [-0.25, -0.2) is 9.78 Å². The summed E-state index contributed by atoms with van der Waals surface area (Å²) < 4.78 is 0. The molecule has 0 unspecified atom stereocenters. The lowest BCUT2D eigenvalue weighted by Crippen LogP contribution is -2.02. The lowest BCUT2D eigenvalue weighted by Gasteiger charge is -2.05. The SMILES string of the molecule is O=C(O)c1cccc([N+](=O)[O-])c1Sc1cnccn1. The molecule has 0 radical (unpaired) electrons. The van der Waals surface area contributed by atoms with Gasteiger partial charge in [0.25, 0.3) is 5.69 Å². The van der Waals surface area contributed by atoms with Crippen LogP contribution in [0.3, 0.4) is 0 Å². The highest BCUT2D eigenvalue weighted by molar-refractivity contribution is 7.99. The van der Waals surface area contributed by atoms with E-state index in [2.05, 4.69) is 9.97 Å². The van der Waals surface area contributed by atoms with E-state index in [0.717, 1.165) is 11.8 Å². The summed E-state index contributed by atoms with van der Waals surface area (Å²) in [4.78, 5) is 29.3. The van der Waals surface area contributed by atoms with Gasteiger partial charge in [-0.15, -0.1) is 0 Å². The highest BCUT2D eigenvalue weighted by Crippen LogP contribution is 2.36. The van der Waals surface area contributed by atoms with Gasteiger partial charge in [0.05, 0.1) is 16.7 Å². The molecule has 0 aliphatic heterocycles. The Morgan fingerprint density at radius 2 is 2.16 bits per heavy atom. The lowest BCUT2D eigenvalue weighted by atomic mass is 10.2. The number of aromatic carboxylic acids is 1. The van der Waals surface area contributed by atoms with Crippen molar-refractivity contribution in [2.75, 3.05) is 0 Å². The molecule has 0 amide bonds. The minimum atomic E-state index is -1.23. The van der Waals surface area contributed by atoms with Crippen LogP contribution in [0.15, 0.2) is 46.7 Å². The predicted octanol–water partition coefficient (Wildman–Crippen LogP) is 2.23. The van der Waals surface area contributed by atoms with E-state index >= 15 is 0 Å². The van der Waals surface area contributed by atoms with E-state index in [1.165, 1.54) is 36.8 Å². The molecule has 1 heterocycles. The van der Waals surface area contributed by atoms with Crippen molar-refractivity contribution in [2.45, 2.75) is 9.92 Å². The quantitative estimate of drug-likeness (QED) is 0.674. The number of carboxylic acid groups (broad SMARTS) is 1. The molecule has 1 aromatic carbocycles. The van der Waals surface area contributed by atoms with Crippen LogP contribution < -0.4 is 0 Å². The van der Waals surface area contributed by atoms with Crippen LogP contribution in [-0.2, 0) is 0 Å². The van der Waals surface area contributed by atoms with E-state index in [9.17, 15) is 14.9 Å². The van der Waals surface area contributed by atoms with Gasteiger partial charge >= 0.3 is 5.97 Å². The van der Waals surface area contributed by atoms with Crippen LogP contribution >= 0.6 is 11.8 Å². The maximum atomic E-state index is 11.1. The molecule has 2 aromatic rings. The van der Waals surface area contributed by atoms with Crippen LogP contribution in [0, 0.1) is 10.1 Å². The van der Waals surface area contributed by atoms with Gasteiger partial charge in [-0.2, -0.15) is 0 Å². The molecule has 0 spiro atoms. The molecule has 0 aliphatic rings. The first-order valence-electron chi connectivity index (χ1n) is 5.04. The van der Waals surface area contributed by atoms with Gasteiger partial charge in [0.2, 0.25) is 0 Å². The molecule has 0 aliphatic carbocycles. The Hall–Kier alpha value is -2.48. The van der Waals surface area contributed by atoms with Gasteiger partial charge in [0.1, 0.15) is 9.92 Å². The van der Waals surface area contributed by atoms with Crippen molar-refractivity contribution in [1.82, 2.24) is 9.97 Å². The van der Waals surface area contributed by atoms with E-state index in [1.807, 2.05) is 0 Å². The third kappa shape index (κ3) is 2.86. The van der Waals surface area contributed by atoms with E-state index in [4.69, 9.17) is 5.11 Å². The van der Waals surface area contributed by atoms with Crippen molar-refractivity contribution in [3.8, 4) is 0 Å². The minimum absolute atomic E-state index is 0.0421. The predicted molar refractivity (Wildman–Crippen MR) is 66.2 cm³/mol. The van der Waals surface area contributed by atoms with Crippen LogP contribution in [0.4, 0.5) is 5.69 Å². The highest BCUT2D eigenvalue weighted by atomic mass is 32.2. The van der Waals surface area contributed by atoms with E-state index < -0.39 is 10.9 Å². The van der Waals surface area contributed by atoms with Gasteiger partial charge in [-0.3, -0.25) is 15.1 Å². The van der Waals surface area contributed by atoms with Gasteiger partial charge < -0.3 is 5.11 Å². The van der Waals surface area contributed by atoms with Crippen LogP contribution in [-0.4, -0.2) is 26.0 Å². The normalized spacial score (nSPS) is 10.1. The monoisotopic (exact) mass is 277 g/mol. The van der Waals surface area contributed by atoms with Crippen LogP contribution in [0.1, 0.15) is 10.4 Å². The maximum Gasteiger partial charge on any atom is 0.337 e. The number of nitrogens with zero attached hydrogens (tertiary/aromatic N) is 3. The molecule has 1 aromatic heterocycles. The first-order valence-corrected chi connectivity index (χ1v) is 5.86. The summed E-state index contributed by atoms with van der Waals surface area (Å²) in [5.41, 5.74) is -0.402. The third-order valence-electron chi connectivity index (χ3n) is 2.17. The van der Waals surface area contributed by atoms with E-state index in [-0.39, 0.29) is 16.1 Å². The molecule has 0 fully saturated rings. The third-order valence-corrected chi connectivity index (χ3v) is 3.22. The van der Waals surface area contributed by atoms with Crippen LogP contribution in [0.2, 0.25) is 0 Å². The standard InChI is InChI=1S/C11H7N3O4S/c15-11(16)7-2-1-3-8(14(17)18)10(7)19-9-6-12-4-5-13-9/h1-6H,(H,15,16). The molecular weight excluding hydrogens is 270 g/mol. The highest BCUT2D eigenvalue weighted by Gasteiger charge is 2.22. The molecule has 7 nitrogen and oxygen atoms in total. The molecule has 2 rings (SSSR count). The van der Waals surface area contributed by atoms with Crippen LogP contribution in [0.5, 0.6) is 0 Å². The molecule has 0 bridgehead atoms. The number of rotatable bonds is 4. The number of aromatic nitrogens is 2. The zero-order valence-electron chi connectivity index (χ0n) is 9.39. The van der Waals surface area contributed by atoms with Crippen molar-refractivity contribution < 1.29 is 14.8 Å². The second-order valence-electron chi connectivity index (χ2n) is 3.36. The minimum Gasteiger partial charge on any atom is -0.478 e. The van der Waals surface area contributed by atoms with Crippen molar-refractivity contribution in [3.05, 3.63) is 52.5 Å². The van der Waals surface area contributed by atoms with Crippen molar-refractivity contribution >= 4 is 23.4 Å². The van der Waals surface area contributed by atoms with Crippen LogP contribution in [0.25, 0.3) is 0 Å². The summed E-state index contributed by atoms with van der Waals surface area (Å²) >= 11 is 0.901. The molecular formula is C11H7N3O4S. The Morgan fingerprint density at radius 1 is 1.37 bits per heavy atom. The zero-order valence-corrected chi connectivity index (χ0v) is 10.2. The fourth-order valence-corrected chi connectivity index (χ4v) is 2.34. The van der Waals surface area contributed by atoms with E-state index in [1.54, 1.807) is 0 Å². The van der Waals surface area contributed by atoms with Gasteiger partial charge in [-0.1, -0.05) is 17.8 Å². The summed E-state index contributed by atoms with van der Waals surface area (Å²) in [6, 6.07) is 3.90. The average molecular weight is 277 g/mol. The second-order valence-corrected chi connectivity index (χ2v) is 4.39. The first kappa shape index (κ1) is 13.0. The molecule has 8 heteroatoms. The smallest absolute Gasteiger partial charge is 0.337 e. The first-order chi connectivity index (χ1) is 9.09. The Morgan fingerprint density at radius 3 is 2.74 bits per heavy atom. The van der Waals surface area contributed by atoms with Crippen molar-refractivity contribution in [1.29, 1.82) is 0 Å². The topological polar surface area (TPSA) is 106 Å². The number of carboxylic acids is 1. The second kappa shape index (κ2) is 5.44. The number of nitro groups is 1. The Labute approximate surface area is 111 Å². The molecule has 0 saturated carbocycles. The number of nitro benzene ring substituents is 1. The zero-order chi connectivity index (χ0) is 13.8. The number of carbonyl (C=O) groups is 1. The van der Waals surface area contributed by atoms with Crippen molar-refractivity contribution in [3.63, 3.8) is 0 Å². The fourth-order valence-electron chi connectivity index (χ4n) is 1.39. The Kier molecular flexibility index (Phi) is 3.71. The molecule has 0 atom stereocenters. The molecule has 96 valence electrons. The lowest BCUT2D eigenvalue weighted by molar-refractivity contribution is -0.387. The summed E-state index contributed by atoms with van der Waals surface area (Å²) in [5, 5.41) is 20.4. The van der Waals surface area contributed by atoms with E-state index in [0.29, 0.717) is 5.03 Å². The Bertz CT molecular complexity index is 601. The number of benzene rings is 1. The summed E-state index contributed by atoms with van der Waals surface area (Å²) in [6.07, 6.45) is 4.30. The summed E-state index contributed by atoms with van der Waals surface area (Å²) in [6.45, 7) is 0. The molecule has 19 heavy (non-hydrogen) atoms. The van der Waals surface area contributed by atoms with Crippen molar-refractivity contribution in [2.24, 2.45) is 0 Å². The number of hydrogen-bond donors (Lipinski definition) is 1. The van der Waals surface area contributed by atoms with Gasteiger partial charge in [-0.05, 0) is 6.07 Å². The Balaban J connectivity index is 2.52. The fraction of sp³-hybridized carbons (Fsp3) is 0. The summed E-state index contributed by atoms with van der Waals surface area (Å²) in [5.74, 6) is -1.23. The number of hydrogen-bond acceptors (Lipinski definition) is 6. The largest absolute Gasteiger partial charge is 0.478 e. The van der Waals surface area contributed by atoms with Gasteiger partial charge in [0.15, 0.2) is 0 Å². The summed E-state index contributed by atoms with van der Waals surface area (Å²) in [7, 11) is 0. The van der Waals surface area contributed by atoms with Gasteiger partial charge in [0, 0.05) is 18.5 Å². The molecule has 1 N–H and O–H groups in total. The maximum absolute atomic E-state index is 11.1.